The van der Waals surface area contributed by atoms with E-state index in [4.69, 9.17) is 11.5 Å². The maximum atomic E-state index is 14.5. The third-order valence-electron chi connectivity index (χ3n) is 20.3. The standard InChI is InChI=1S/C81H142N20O22/c1-28-81(27,100-70(121)79(23,24)93-56(107)44(8)84-59(110)52(40-103)91-65(116)73(11,12)92-46(10)104)71(122)89-49(32-34-55(83)106)60(111)95-75(15,16)66(117)90-51(38-43(6)7)62(113)96-74(13,14)64(115)85-45(9)57(108)94-77(19,20)69(120)99-80(25,26)72(123)101-35-29-30-53(101)63(114)87-50(37-42(4)5)61(112)97-78(21,22)68(119)98-76(17,18)67(118)88-48(31-33-54(82)105)58(109)86-47(39-102)36-41(2)3/h41-45,47-53,102-103H,28-40H2,1-27H3,(H2,82,105)(H2,83,106)(H,84,110)(H,85,115)(H,86,109)(H,87,114)(H,88,118)(H,89,122)(H,90,117)(H,91,116)(H,92,104)(H,93,107)(H,94,108)(H,95,111)(H,96,113)(H,97,112)(H,98,119)(H,99,120)(H,100,121). The van der Waals surface area contributed by atoms with E-state index in [0.717, 1.165) is 0 Å². The molecule has 0 spiro atoms. The van der Waals surface area contributed by atoms with E-state index < -0.39 is 248 Å². The Balaban J connectivity index is 3.24. The summed E-state index contributed by atoms with van der Waals surface area (Å²) in [6, 6.07) is -11.7. The second-order valence-electron chi connectivity index (χ2n) is 37.4. The number of aliphatic hydroxyl groups is 2. The number of rotatable bonds is 49. The van der Waals surface area contributed by atoms with E-state index in [-0.39, 0.29) is 62.8 Å². The molecule has 23 N–H and O–H groups in total. The molecule has 1 rings (SSSR count). The lowest BCUT2D eigenvalue weighted by atomic mass is 9.93. The van der Waals surface area contributed by atoms with Crippen LogP contribution in [0.3, 0.4) is 0 Å². The van der Waals surface area contributed by atoms with Crippen LogP contribution in [0.1, 0.15) is 251 Å². The van der Waals surface area contributed by atoms with Crippen molar-refractivity contribution in [1.29, 1.82) is 0 Å². The quantitative estimate of drug-likeness (QED) is 0.0276. The molecular weight excluding hydrogens is 1610 g/mol. The summed E-state index contributed by atoms with van der Waals surface area (Å²) >= 11 is 0. The third kappa shape index (κ3) is 34.9. The highest BCUT2D eigenvalue weighted by Gasteiger charge is 2.48. The Morgan fingerprint density at radius 1 is 0.350 bits per heavy atom. The molecule has 42 nitrogen and oxygen atoms in total. The van der Waals surface area contributed by atoms with Crippen LogP contribution in [0.4, 0.5) is 0 Å². The maximum absolute atomic E-state index is 14.5. The Labute approximate surface area is 721 Å². The number of carbonyl (C=O) groups is 20. The minimum Gasteiger partial charge on any atom is -0.394 e. The average molecular weight is 1750 g/mol. The van der Waals surface area contributed by atoms with Gasteiger partial charge in [0.2, 0.25) is 118 Å². The number of hydrogen-bond donors (Lipinski definition) is 21. The number of amides is 20. The zero-order valence-electron chi connectivity index (χ0n) is 76.8. The maximum Gasteiger partial charge on any atom is 0.248 e. The van der Waals surface area contributed by atoms with Crippen molar-refractivity contribution in [2.24, 2.45) is 29.2 Å². The first-order valence-corrected chi connectivity index (χ1v) is 41.3. The SMILES string of the molecule is CCC(C)(NC(=O)C(C)(C)NC(=O)C(C)NC(=O)C(CO)NC(=O)C(C)(C)NC(C)=O)C(=O)NC(CCC(N)=O)C(=O)NC(C)(C)C(=O)NC(CC(C)C)C(=O)NC(C)(C)C(=O)NC(C)C(=O)NC(C)(C)C(=O)NC(C)(C)C(=O)N1CCCC1C(=O)NC(CC(C)C)C(=O)NC(C)(C)C(=O)NC(C)(C)C(=O)NC(CCC(N)=O)C(=O)NC(CO)CC(C)C. The van der Waals surface area contributed by atoms with Crippen LogP contribution in [0, 0.1) is 17.8 Å². The first-order valence-electron chi connectivity index (χ1n) is 41.3. The van der Waals surface area contributed by atoms with Crippen molar-refractivity contribution < 1.29 is 106 Å². The van der Waals surface area contributed by atoms with Crippen molar-refractivity contribution in [3.63, 3.8) is 0 Å². The number of carbonyl (C=O) groups excluding carboxylic acids is 20. The summed E-state index contributed by atoms with van der Waals surface area (Å²) in [5, 5.41) is 63.0. The molecule has 1 heterocycles. The minimum absolute atomic E-state index is 0.0333. The Morgan fingerprint density at radius 3 is 1.07 bits per heavy atom. The van der Waals surface area contributed by atoms with Crippen LogP contribution >= 0.6 is 0 Å². The number of aliphatic hydroxyl groups excluding tert-OH is 2. The molecule has 10 unspecified atom stereocenters. The van der Waals surface area contributed by atoms with Crippen molar-refractivity contribution in [2.45, 2.75) is 355 Å². The van der Waals surface area contributed by atoms with Gasteiger partial charge in [-0.05, 0) is 201 Å². The van der Waals surface area contributed by atoms with Crippen molar-refractivity contribution in [3.05, 3.63) is 0 Å². The molecule has 1 fully saturated rings. The average Bonchev–Trinajstić information content (AvgIpc) is 1.76. The fourth-order valence-corrected chi connectivity index (χ4v) is 12.3. The van der Waals surface area contributed by atoms with Crippen LogP contribution in [0.25, 0.3) is 0 Å². The molecule has 1 aliphatic rings. The number of nitrogens with one attached hydrogen (secondary N) is 17. The number of hydrogen-bond acceptors (Lipinski definition) is 22. The van der Waals surface area contributed by atoms with E-state index in [9.17, 15) is 106 Å². The summed E-state index contributed by atoms with van der Waals surface area (Å²) in [5.74, 6) is -17.4. The van der Waals surface area contributed by atoms with Gasteiger partial charge in [0.15, 0.2) is 0 Å². The van der Waals surface area contributed by atoms with Gasteiger partial charge in [-0.2, -0.15) is 0 Å². The van der Waals surface area contributed by atoms with Crippen LogP contribution in [-0.4, -0.2) is 257 Å². The summed E-state index contributed by atoms with van der Waals surface area (Å²) in [6.07, 6.45) is -0.593. The van der Waals surface area contributed by atoms with Crippen molar-refractivity contribution in [2.75, 3.05) is 19.8 Å². The van der Waals surface area contributed by atoms with E-state index in [2.05, 4.69) is 90.4 Å². The zero-order chi connectivity index (χ0) is 95.8. The first-order chi connectivity index (χ1) is 55.9. The molecule has 0 aromatic carbocycles. The number of nitrogens with zero attached hydrogens (tertiary/aromatic N) is 1. The Bertz CT molecular complexity index is 3890. The van der Waals surface area contributed by atoms with E-state index in [1.807, 2.05) is 13.8 Å². The van der Waals surface area contributed by atoms with E-state index >= 15 is 0 Å². The molecule has 0 aliphatic carbocycles. The Kier molecular flexibility index (Phi) is 40.9. The predicted molar refractivity (Wildman–Crippen MR) is 451 cm³/mol. The van der Waals surface area contributed by atoms with Crippen LogP contribution < -0.4 is 102 Å². The molecule has 123 heavy (non-hydrogen) atoms. The third-order valence-corrected chi connectivity index (χ3v) is 20.3. The van der Waals surface area contributed by atoms with Crippen LogP contribution in [0.2, 0.25) is 0 Å². The minimum atomic E-state index is -1.91. The summed E-state index contributed by atoms with van der Waals surface area (Å²) in [5.41, 5.74) is -5.13. The van der Waals surface area contributed by atoms with Crippen LogP contribution in [0.15, 0.2) is 0 Å². The largest absolute Gasteiger partial charge is 0.394 e. The van der Waals surface area contributed by atoms with Gasteiger partial charge in [0.05, 0.1) is 19.3 Å². The molecular formula is C81H142N20O22. The second kappa shape index (κ2) is 45.6. The summed E-state index contributed by atoms with van der Waals surface area (Å²) in [7, 11) is 0. The summed E-state index contributed by atoms with van der Waals surface area (Å²) < 4.78 is 0. The molecule has 698 valence electrons. The van der Waals surface area contributed by atoms with Gasteiger partial charge in [0.1, 0.15) is 98.2 Å². The predicted octanol–water partition coefficient (Wildman–Crippen LogP) is -3.99. The van der Waals surface area contributed by atoms with Gasteiger partial charge in [0.25, 0.3) is 0 Å². The number of nitrogens with two attached hydrogens (primary N) is 2. The molecule has 10 atom stereocenters. The molecule has 0 aromatic rings. The fraction of sp³-hybridized carbons (Fsp3) is 0.753. The second-order valence-corrected chi connectivity index (χ2v) is 37.4. The molecule has 0 aromatic heterocycles. The monoisotopic (exact) mass is 1750 g/mol. The van der Waals surface area contributed by atoms with Gasteiger partial charge in [-0.15, -0.1) is 0 Å². The lowest BCUT2D eigenvalue weighted by Gasteiger charge is -2.36. The summed E-state index contributed by atoms with van der Waals surface area (Å²) in [4.78, 5) is 273. The van der Waals surface area contributed by atoms with E-state index in [1.165, 1.54) is 150 Å². The zero-order valence-corrected chi connectivity index (χ0v) is 76.8. The topological polar surface area (TPSA) is 642 Å². The fourth-order valence-electron chi connectivity index (χ4n) is 12.3. The van der Waals surface area contributed by atoms with Gasteiger partial charge in [-0.3, -0.25) is 95.9 Å². The lowest BCUT2D eigenvalue weighted by Crippen LogP contribution is -2.67. The van der Waals surface area contributed by atoms with Gasteiger partial charge < -0.3 is 117 Å². The molecule has 0 radical (unpaired) electrons. The Hall–Kier alpha value is -10.7. The molecule has 20 amide bonds. The highest BCUT2D eigenvalue weighted by Crippen LogP contribution is 2.25. The smallest absolute Gasteiger partial charge is 0.248 e. The lowest BCUT2D eigenvalue weighted by molar-refractivity contribution is -0.146. The molecule has 1 aliphatic heterocycles. The molecule has 0 saturated carbocycles. The van der Waals surface area contributed by atoms with Gasteiger partial charge in [-0.25, -0.2) is 0 Å². The van der Waals surface area contributed by atoms with E-state index in [0.29, 0.717) is 12.8 Å². The Morgan fingerprint density at radius 2 is 0.675 bits per heavy atom. The van der Waals surface area contributed by atoms with Crippen molar-refractivity contribution >= 4 is 118 Å². The van der Waals surface area contributed by atoms with Crippen molar-refractivity contribution in [1.82, 2.24) is 95.3 Å². The van der Waals surface area contributed by atoms with Gasteiger partial charge >= 0.3 is 0 Å². The molecule has 42 heteroatoms. The first kappa shape index (κ1) is 110. The number of primary amides is 2. The van der Waals surface area contributed by atoms with Crippen molar-refractivity contribution in [3.8, 4) is 0 Å². The normalized spacial score (nSPS) is 15.9. The van der Waals surface area contributed by atoms with Gasteiger partial charge in [0, 0.05) is 26.3 Å². The highest BCUT2D eigenvalue weighted by atomic mass is 16.3. The van der Waals surface area contributed by atoms with Crippen LogP contribution in [0.5, 0.6) is 0 Å². The van der Waals surface area contributed by atoms with Gasteiger partial charge in [-0.1, -0.05) is 48.5 Å². The molecule has 0 bridgehead atoms. The summed E-state index contributed by atoms with van der Waals surface area (Å²) in [6.45, 7) is 37.4. The highest BCUT2D eigenvalue weighted by molar-refractivity contribution is 6.04. The van der Waals surface area contributed by atoms with Crippen LogP contribution in [-0.2, 0) is 95.9 Å². The molecule has 1 saturated heterocycles. The number of likely N-dealkylation sites (tertiary alicyclic amines) is 1. The van der Waals surface area contributed by atoms with E-state index in [1.54, 1.807) is 27.7 Å².